The van der Waals surface area contributed by atoms with Crippen LogP contribution in [-0.4, -0.2) is 222 Å². The Bertz CT molecular complexity index is 1140. The van der Waals surface area contributed by atoms with Crippen LogP contribution < -0.4 is 10.6 Å². The van der Waals surface area contributed by atoms with E-state index in [1.807, 2.05) is 0 Å². The lowest BCUT2D eigenvalue weighted by molar-refractivity contribution is -0.379. The van der Waals surface area contributed by atoms with Crippen molar-refractivity contribution in [3.05, 3.63) is 0 Å². The Balaban J connectivity index is 1.56. The molecular weight excluding hydrogens is 700 g/mol. The van der Waals surface area contributed by atoms with E-state index in [9.17, 15) is 70.9 Å². The SMILES string of the molecule is CC(=O)N[C@H]1[C@H](O[C@H]2[C@H](O)[C@@H](NC(C)=O)C(O)O[C@@H]2CO)O[C@H](CO)[C@@H](O[C@@H]2O[C@H](CO)[C@@H](O)[C@H](O[C@H]3O[C@H](CO)[C@@H](O)[C@H](O)[C@@H]3O)[C@@H]2O)[C@@H]1O. The number of hydrogen-bond donors (Lipinski definition) is 14. The molecule has 0 saturated carbocycles. The Morgan fingerprint density at radius 2 is 0.882 bits per heavy atom. The molecule has 23 heteroatoms. The number of carbonyl (C=O) groups excluding carboxylic acids is 2. The van der Waals surface area contributed by atoms with Crippen LogP contribution in [-0.2, 0) is 42.7 Å². The van der Waals surface area contributed by atoms with Gasteiger partial charge in [-0.05, 0) is 0 Å². The summed E-state index contributed by atoms with van der Waals surface area (Å²) < 4.78 is 39.1. The summed E-state index contributed by atoms with van der Waals surface area (Å²) in [4.78, 5) is 23.9. The maximum absolute atomic E-state index is 12.2. The van der Waals surface area contributed by atoms with Crippen molar-refractivity contribution in [3.63, 3.8) is 0 Å². The lowest BCUT2D eigenvalue weighted by Crippen LogP contribution is -2.70. The minimum atomic E-state index is -2.04. The summed E-state index contributed by atoms with van der Waals surface area (Å²) in [7, 11) is 0. The van der Waals surface area contributed by atoms with Gasteiger partial charge in [0, 0.05) is 13.8 Å². The van der Waals surface area contributed by atoms with Gasteiger partial charge in [-0.25, -0.2) is 0 Å². The molecule has 0 aliphatic carbocycles. The molecule has 0 radical (unpaired) electrons. The van der Waals surface area contributed by atoms with Gasteiger partial charge in [0.15, 0.2) is 25.2 Å². The molecule has 0 aromatic rings. The molecule has 2 amide bonds. The highest BCUT2D eigenvalue weighted by atomic mass is 16.8. The second-order valence-corrected chi connectivity index (χ2v) is 12.6. The number of aliphatic hydroxyl groups is 12. The van der Waals surface area contributed by atoms with Gasteiger partial charge >= 0.3 is 0 Å². The summed E-state index contributed by atoms with van der Waals surface area (Å²) in [6.07, 6.45) is -31.4. The standard InChI is InChI=1S/C28H48N2O21/c1-7(35)29-13-17(39)22(11(5-33)45-25(13)44)49-26-14(30-8(2)36)18(40)23(12(6-34)48-26)50-28-21(43)24(16(38)10(4-32)47-28)51-27-20(42)19(41)15(37)9(3-31)46-27/h9-28,31-34,37-44H,3-6H2,1-2H3,(H,29,35)(H,30,36)/t9-,10-,11-,12-,13-,14-,15-,16-,17-,18-,19+,20+,21+,22-,23-,24+,25?,26+,27-,28+/m1/s1. The fraction of sp³-hybridized carbons (Fsp3) is 0.929. The van der Waals surface area contributed by atoms with Crippen molar-refractivity contribution < 1.29 is 104 Å². The number of amides is 2. The summed E-state index contributed by atoms with van der Waals surface area (Å²) in [5, 5.41) is 130. The van der Waals surface area contributed by atoms with Crippen LogP contribution in [0.5, 0.6) is 0 Å². The number of aliphatic hydroxyl groups excluding tert-OH is 12. The molecule has 4 rings (SSSR count). The maximum Gasteiger partial charge on any atom is 0.217 e. The molecule has 4 heterocycles. The molecular formula is C28H48N2O21. The van der Waals surface area contributed by atoms with Gasteiger partial charge in [-0.15, -0.1) is 0 Å². The van der Waals surface area contributed by atoms with Gasteiger partial charge in [0.1, 0.15) is 97.5 Å². The van der Waals surface area contributed by atoms with E-state index in [-0.39, 0.29) is 0 Å². The highest BCUT2D eigenvalue weighted by Gasteiger charge is 2.55. The smallest absolute Gasteiger partial charge is 0.217 e. The fourth-order valence-electron chi connectivity index (χ4n) is 6.35. The second-order valence-electron chi connectivity index (χ2n) is 12.6. The van der Waals surface area contributed by atoms with Crippen LogP contribution in [0.4, 0.5) is 0 Å². The van der Waals surface area contributed by atoms with E-state index in [1.54, 1.807) is 0 Å². The molecule has 51 heavy (non-hydrogen) atoms. The van der Waals surface area contributed by atoms with Crippen molar-refractivity contribution in [2.24, 2.45) is 0 Å². The molecule has 1 unspecified atom stereocenters. The molecule has 0 aromatic carbocycles. The van der Waals surface area contributed by atoms with Crippen LogP contribution >= 0.6 is 0 Å². The van der Waals surface area contributed by atoms with Crippen LogP contribution in [0.15, 0.2) is 0 Å². The van der Waals surface area contributed by atoms with Crippen molar-refractivity contribution in [1.82, 2.24) is 10.6 Å². The van der Waals surface area contributed by atoms with Gasteiger partial charge in [-0.2, -0.15) is 0 Å². The molecule has 0 aromatic heterocycles. The van der Waals surface area contributed by atoms with Crippen LogP contribution in [0.25, 0.3) is 0 Å². The van der Waals surface area contributed by atoms with Crippen LogP contribution in [0.2, 0.25) is 0 Å². The number of nitrogens with one attached hydrogen (secondary N) is 2. The predicted octanol–water partition coefficient (Wildman–Crippen LogP) is -9.46. The molecule has 0 spiro atoms. The van der Waals surface area contributed by atoms with Crippen LogP contribution in [0.1, 0.15) is 13.8 Å². The molecule has 14 N–H and O–H groups in total. The predicted molar refractivity (Wildman–Crippen MR) is 157 cm³/mol. The minimum absolute atomic E-state index is 0.660. The minimum Gasteiger partial charge on any atom is -0.394 e. The Morgan fingerprint density at radius 3 is 1.41 bits per heavy atom. The first-order valence-electron chi connectivity index (χ1n) is 16.1. The van der Waals surface area contributed by atoms with E-state index in [2.05, 4.69) is 10.6 Å². The normalized spacial score (nSPS) is 47.8. The van der Waals surface area contributed by atoms with Gasteiger partial charge in [0.25, 0.3) is 0 Å². The van der Waals surface area contributed by atoms with Crippen molar-refractivity contribution in [3.8, 4) is 0 Å². The Labute approximate surface area is 289 Å². The highest BCUT2D eigenvalue weighted by Crippen LogP contribution is 2.34. The third-order valence-electron chi connectivity index (χ3n) is 9.01. The molecule has 20 atom stereocenters. The molecule has 296 valence electrons. The summed E-state index contributed by atoms with van der Waals surface area (Å²) in [6.45, 7) is -1.28. The summed E-state index contributed by atoms with van der Waals surface area (Å²) in [6, 6.07) is -3.04. The average molecular weight is 749 g/mol. The second kappa shape index (κ2) is 18.0. The molecule has 4 aliphatic rings. The monoisotopic (exact) mass is 748 g/mol. The number of carbonyl (C=O) groups is 2. The quantitative estimate of drug-likeness (QED) is 0.0881. The lowest BCUT2D eigenvalue weighted by Gasteiger charge is -2.50. The number of ether oxygens (including phenoxy) is 7. The van der Waals surface area contributed by atoms with Crippen LogP contribution in [0.3, 0.4) is 0 Å². The van der Waals surface area contributed by atoms with E-state index < -0.39 is 161 Å². The van der Waals surface area contributed by atoms with Gasteiger partial charge < -0.3 is 105 Å². The molecule has 4 aliphatic heterocycles. The van der Waals surface area contributed by atoms with Crippen molar-refractivity contribution in [1.29, 1.82) is 0 Å². The van der Waals surface area contributed by atoms with Gasteiger partial charge in [0.05, 0.1) is 26.4 Å². The largest absolute Gasteiger partial charge is 0.394 e. The molecule has 4 saturated heterocycles. The Kier molecular flexibility index (Phi) is 14.8. The van der Waals surface area contributed by atoms with Crippen molar-refractivity contribution in [2.45, 2.75) is 137 Å². The van der Waals surface area contributed by atoms with Crippen LogP contribution in [0, 0.1) is 0 Å². The molecule has 0 bridgehead atoms. The average Bonchev–Trinajstić information content (AvgIpc) is 3.09. The van der Waals surface area contributed by atoms with Gasteiger partial charge in [-0.1, -0.05) is 0 Å². The first kappa shape index (κ1) is 41.9. The zero-order chi connectivity index (χ0) is 37.9. The first-order chi connectivity index (χ1) is 24.1. The lowest BCUT2D eigenvalue weighted by atomic mass is 9.94. The fourth-order valence-corrected chi connectivity index (χ4v) is 6.35. The third-order valence-corrected chi connectivity index (χ3v) is 9.01. The van der Waals surface area contributed by atoms with E-state index in [4.69, 9.17) is 33.2 Å². The van der Waals surface area contributed by atoms with Crippen molar-refractivity contribution in [2.75, 3.05) is 26.4 Å². The van der Waals surface area contributed by atoms with Gasteiger partial charge in [-0.3, -0.25) is 9.59 Å². The Morgan fingerprint density at radius 1 is 0.471 bits per heavy atom. The zero-order valence-corrected chi connectivity index (χ0v) is 27.4. The maximum atomic E-state index is 12.2. The highest BCUT2D eigenvalue weighted by molar-refractivity contribution is 5.73. The Hall–Kier alpha value is -1.82. The van der Waals surface area contributed by atoms with Gasteiger partial charge in [0.2, 0.25) is 11.8 Å². The first-order valence-corrected chi connectivity index (χ1v) is 16.1. The zero-order valence-electron chi connectivity index (χ0n) is 27.4. The van der Waals surface area contributed by atoms with E-state index in [1.165, 1.54) is 0 Å². The number of rotatable bonds is 12. The molecule has 4 fully saturated rings. The summed E-state index contributed by atoms with van der Waals surface area (Å²) >= 11 is 0. The van der Waals surface area contributed by atoms with E-state index >= 15 is 0 Å². The summed E-state index contributed by atoms with van der Waals surface area (Å²) in [5.41, 5.74) is 0. The van der Waals surface area contributed by atoms with E-state index in [0.717, 1.165) is 13.8 Å². The third kappa shape index (κ3) is 9.11. The number of hydrogen-bond acceptors (Lipinski definition) is 21. The summed E-state index contributed by atoms with van der Waals surface area (Å²) in [5.74, 6) is -1.40. The van der Waals surface area contributed by atoms with E-state index in [0.29, 0.717) is 0 Å². The van der Waals surface area contributed by atoms with Crippen molar-refractivity contribution >= 4 is 11.8 Å². The molecule has 23 nitrogen and oxygen atoms in total. The topological polar surface area (TPSA) is 366 Å².